The quantitative estimate of drug-likeness (QED) is 0.368. The van der Waals surface area contributed by atoms with E-state index in [9.17, 15) is 0 Å². The Kier molecular flexibility index (Phi) is 7.69. The fraction of sp³-hybridized carbons (Fsp3) is 0.680. The van der Waals surface area contributed by atoms with E-state index in [1.165, 1.54) is 16.3 Å². The molecular weight excluding hydrogens is 420 g/mol. The Morgan fingerprint density at radius 3 is 2.00 bits per heavy atom. The Morgan fingerprint density at radius 2 is 1.61 bits per heavy atom. The molecule has 1 aliphatic heterocycles. The van der Waals surface area contributed by atoms with E-state index in [1.807, 2.05) is 13.8 Å². The highest BCUT2D eigenvalue weighted by molar-refractivity contribution is 6.71. The summed E-state index contributed by atoms with van der Waals surface area (Å²) in [6.07, 6.45) is -0.110. The van der Waals surface area contributed by atoms with Crippen LogP contribution in [-0.2, 0) is 4.43 Å². The first-order valence-electron chi connectivity index (χ1n) is 11.2. The van der Waals surface area contributed by atoms with Gasteiger partial charge in [0.1, 0.15) is 6.10 Å². The van der Waals surface area contributed by atoms with Crippen molar-refractivity contribution in [3.63, 3.8) is 0 Å². The Balaban J connectivity index is 3.04. The summed E-state index contributed by atoms with van der Waals surface area (Å²) in [5.41, 5.74) is 2.11. The van der Waals surface area contributed by atoms with Gasteiger partial charge in [0.05, 0.1) is 27.8 Å². The lowest BCUT2D eigenvalue weighted by atomic mass is 9.79. The van der Waals surface area contributed by atoms with Gasteiger partial charge < -0.3 is 18.6 Å². The molecule has 6 heteroatoms. The largest absolute Gasteiger partial charge is 0.545 e. The van der Waals surface area contributed by atoms with Crippen LogP contribution in [0.3, 0.4) is 0 Å². The maximum atomic E-state index is 6.79. The van der Waals surface area contributed by atoms with E-state index in [1.54, 1.807) is 7.11 Å². The lowest BCUT2D eigenvalue weighted by molar-refractivity contribution is 0.134. The summed E-state index contributed by atoms with van der Waals surface area (Å²) in [5, 5.41) is 1.31. The molecule has 174 valence electrons. The number of benzene rings is 1. The van der Waals surface area contributed by atoms with Crippen molar-refractivity contribution in [2.45, 2.75) is 93.8 Å². The molecule has 0 saturated carbocycles. The third-order valence-corrected chi connectivity index (χ3v) is 7.18. The zero-order valence-electron chi connectivity index (χ0n) is 21.9. The lowest BCUT2D eigenvalue weighted by Gasteiger charge is -2.33. The standard InChI is InChI=1S/C25H42O4Si2/c1-15(2)27-20-16(26-9)14-17(30(10)11)18-19(22(24(3,4)5)28-21(18)20)23(25(6,7)8)29-31(12)13/h14-15,22H,1-13H3. The molecule has 1 aliphatic rings. The van der Waals surface area contributed by atoms with Crippen LogP contribution >= 0.6 is 0 Å². The number of ether oxygens (including phenoxy) is 3. The molecule has 1 aromatic carbocycles. The number of allylic oxidation sites excluding steroid dienone is 1. The zero-order valence-corrected chi connectivity index (χ0v) is 23.9. The van der Waals surface area contributed by atoms with E-state index in [0.717, 1.165) is 17.3 Å². The molecule has 0 saturated heterocycles. The highest BCUT2D eigenvalue weighted by Gasteiger charge is 2.46. The van der Waals surface area contributed by atoms with Crippen LogP contribution in [0.5, 0.6) is 17.2 Å². The molecule has 0 spiro atoms. The third kappa shape index (κ3) is 5.51. The molecule has 1 atom stereocenters. The zero-order chi connectivity index (χ0) is 23.9. The number of rotatable bonds is 6. The summed E-state index contributed by atoms with van der Waals surface area (Å²) in [6.45, 7) is 26.5. The van der Waals surface area contributed by atoms with Crippen molar-refractivity contribution in [3.8, 4) is 17.2 Å². The van der Waals surface area contributed by atoms with Gasteiger partial charge in [-0.05, 0) is 38.2 Å². The number of fused-ring (bicyclic) bond motifs is 1. The lowest BCUT2D eigenvalue weighted by Crippen LogP contribution is -2.34. The first-order valence-corrected chi connectivity index (χ1v) is 16.1. The Morgan fingerprint density at radius 1 is 1.03 bits per heavy atom. The number of methoxy groups -OCH3 is 1. The minimum Gasteiger partial charge on any atom is -0.545 e. The maximum absolute atomic E-state index is 6.79. The minimum absolute atomic E-state index is 0.0148. The molecule has 1 heterocycles. The minimum atomic E-state index is -0.957. The summed E-state index contributed by atoms with van der Waals surface area (Å²) >= 11 is 0. The van der Waals surface area contributed by atoms with Crippen LogP contribution in [0, 0.1) is 10.8 Å². The first-order chi connectivity index (χ1) is 14.1. The predicted molar refractivity (Wildman–Crippen MR) is 135 cm³/mol. The maximum Gasteiger partial charge on any atom is 0.273 e. The third-order valence-electron chi connectivity index (χ3n) is 5.10. The molecule has 31 heavy (non-hydrogen) atoms. The summed E-state index contributed by atoms with van der Waals surface area (Å²) < 4.78 is 25.5. The highest BCUT2D eigenvalue weighted by Crippen LogP contribution is 2.54. The van der Waals surface area contributed by atoms with Gasteiger partial charge in [0, 0.05) is 22.0 Å². The van der Waals surface area contributed by atoms with E-state index >= 15 is 0 Å². The van der Waals surface area contributed by atoms with Crippen LogP contribution in [0.2, 0.25) is 26.2 Å². The van der Waals surface area contributed by atoms with E-state index < -0.39 is 17.8 Å². The van der Waals surface area contributed by atoms with Gasteiger partial charge in [-0.15, -0.1) is 0 Å². The van der Waals surface area contributed by atoms with Crippen molar-refractivity contribution >= 4 is 28.6 Å². The van der Waals surface area contributed by atoms with Gasteiger partial charge in [0.15, 0.2) is 11.5 Å². The highest BCUT2D eigenvalue weighted by atomic mass is 28.3. The smallest absolute Gasteiger partial charge is 0.273 e. The molecule has 2 rings (SSSR count). The van der Waals surface area contributed by atoms with Gasteiger partial charge in [-0.3, -0.25) is 0 Å². The molecule has 0 fully saturated rings. The molecule has 4 nitrogen and oxygen atoms in total. The van der Waals surface area contributed by atoms with Crippen LogP contribution in [0.25, 0.3) is 5.57 Å². The second kappa shape index (κ2) is 9.22. The topological polar surface area (TPSA) is 36.9 Å². The SMILES string of the molecule is COc1cc([Si](C)C)c2c(c1OC(C)C)OC(C(C)(C)C)C2=C(O[Si](C)C)C(C)(C)C. The van der Waals surface area contributed by atoms with Crippen LogP contribution in [0.1, 0.15) is 61.0 Å². The molecule has 0 aliphatic carbocycles. The van der Waals surface area contributed by atoms with Gasteiger partial charge in [0.2, 0.25) is 5.75 Å². The summed E-state index contributed by atoms with van der Waals surface area (Å²) in [7, 11) is -0.0690. The van der Waals surface area contributed by atoms with Crippen LogP contribution in [0.15, 0.2) is 11.8 Å². The Hall–Kier alpha value is -1.41. The van der Waals surface area contributed by atoms with Gasteiger partial charge in [-0.25, -0.2) is 0 Å². The summed E-state index contributed by atoms with van der Waals surface area (Å²) in [6, 6.07) is 2.17. The molecule has 1 unspecified atom stereocenters. The van der Waals surface area contributed by atoms with Crippen LogP contribution < -0.4 is 19.4 Å². The van der Waals surface area contributed by atoms with Crippen LogP contribution in [0.4, 0.5) is 0 Å². The molecule has 0 bridgehead atoms. The van der Waals surface area contributed by atoms with Gasteiger partial charge >= 0.3 is 0 Å². The van der Waals surface area contributed by atoms with E-state index in [0.29, 0.717) is 5.75 Å². The molecule has 0 amide bonds. The molecule has 0 aromatic heterocycles. The number of hydrogen-bond donors (Lipinski definition) is 0. The van der Waals surface area contributed by atoms with Gasteiger partial charge in [0.25, 0.3) is 9.04 Å². The monoisotopic (exact) mass is 462 g/mol. The normalized spacial score (nSPS) is 18.4. The second-order valence-electron chi connectivity index (χ2n) is 11.2. The van der Waals surface area contributed by atoms with Crippen molar-refractivity contribution in [1.82, 2.24) is 0 Å². The molecule has 0 N–H and O–H groups in total. The van der Waals surface area contributed by atoms with Gasteiger partial charge in [-0.2, -0.15) is 0 Å². The van der Waals surface area contributed by atoms with Crippen LogP contribution in [-0.4, -0.2) is 37.2 Å². The van der Waals surface area contributed by atoms with Crippen molar-refractivity contribution in [3.05, 3.63) is 17.4 Å². The molecular formula is C25H42O4Si2. The summed E-state index contributed by atoms with van der Waals surface area (Å²) in [5.74, 6) is 3.32. The molecule has 2 radical (unpaired) electrons. The van der Waals surface area contributed by atoms with Crippen molar-refractivity contribution in [2.24, 2.45) is 10.8 Å². The second-order valence-corrected chi connectivity index (χ2v) is 15.8. The Labute approximate surface area is 193 Å². The van der Waals surface area contributed by atoms with Crippen molar-refractivity contribution in [1.29, 1.82) is 0 Å². The van der Waals surface area contributed by atoms with E-state index in [4.69, 9.17) is 18.6 Å². The van der Waals surface area contributed by atoms with E-state index in [2.05, 4.69) is 73.8 Å². The first kappa shape index (κ1) is 25.9. The fourth-order valence-electron chi connectivity index (χ4n) is 3.86. The fourth-order valence-corrected chi connectivity index (χ4v) is 5.85. The Bertz CT molecular complexity index is 827. The predicted octanol–water partition coefficient (Wildman–Crippen LogP) is 6.28. The van der Waals surface area contributed by atoms with Crippen molar-refractivity contribution < 1.29 is 18.6 Å². The van der Waals surface area contributed by atoms with Crippen molar-refractivity contribution in [2.75, 3.05) is 7.11 Å². The number of hydrogen-bond acceptors (Lipinski definition) is 4. The average Bonchev–Trinajstić information content (AvgIpc) is 2.98. The van der Waals surface area contributed by atoms with Gasteiger partial charge in [-0.1, -0.05) is 54.6 Å². The van der Waals surface area contributed by atoms with E-state index in [-0.39, 0.29) is 23.0 Å². The average molecular weight is 463 g/mol. The summed E-state index contributed by atoms with van der Waals surface area (Å²) in [4.78, 5) is 0. The molecule has 1 aromatic rings.